The third-order valence-corrected chi connectivity index (χ3v) is 3.99. The summed E-state index contributed by atoms with van der Waals surface area (Å²) in [4.78, 5) is 16.0. The first-order valence-electron chi connectivity index (χ1n) is 7.97. The van der Waals surface area contributed by atoms with Gasteiger partial charge in [-0.25, -0.2) is 9.48 Å². The van der Waals surface area contributed by atoms with Gasteiger partial charge in [0.05, 0.1) is 12.2 Å². The van der Waals surface area contributed by atoms with Crippen molar-refractivity contribution in [2.75, 3.05) is 11.9 Å². The highest BCUT2D eigenvalue weighted by Crippen LogP contribution is 2.37. The van der Waals surface area contributed by atoms with Crippen LogP contribution in [0.2, 0.25) is 0 Å². The minimum atomic E-state index is -4.69. The molecular formula is C17H17F3N4O2. The van der Waals surface area contributed by atoms with E-state index >= 15 is 0 Å². The van der Waals surface area contributed by atoms with Crippen LogP contribution < -0.4 is 5.32 Å². The second-order valence-corrected chi connectivity index (χ2v) is 5.90. The molecule has 0 radical (unpaired) electrons. The van der Waals surface area contributed by atoms with Gasteiger partial charge in [0.2, 0.25) is 5.95 Å². The van der Waals surface area contributed by atoms with E-state index in [4.69, 9.17) is 4.74 Å². The summed E-state index contributed by atoms with van der Waals surface area (Å²) in [7, 11) is 0. The Hall–Kier alpha value is -2.84. The fourth-order valence-electron chi connectivity index (χ4n) is 2.80. The Morgan fingerprint density at radius 3 is 2.50 bits per heavy atom. The number of benzene rings is 1. The van der Waals surface area contributed by atoms with E-state index in [0.29, 0.717) is 11.3 Å². The summed E-state index contributed by atoms with van der Waals surface area (Å²) in [5.41, 5.74) is 2.17. The van der Waals surface area contributed by atoms with Gasteiger partial charge in [-0.1, -0.05) is 29.8 Å². The summed E-state index contributed by atoms with van der Waals surface area (Å²) in [5, 5.41) is 6.33. The molecule has 1 aliphatic rings. The third-order valence-electron chi connectivity index (χ3n) is 3.99. The molecule has 0 spiro atoms. The van der Waals surface area contributed by atoms with Gasteiger partial charge >= 0.3 is 12.1 Å². The molecule has 1 aliphatic heterocycles. The smallest absolute Gasteiger partial charge is 0.453 e. The number of hydrogen-bond acceptors (Lipinski definition) is 5. The van der Waals surface area contributed by atoms with Crippen molar-refractivity contribution in [3.8, 4) is 0 Å². The standard InChI is InChI=1S/C17H17F3N4O2/c1-4-26-14(25)12-10(3)21-16-22-15(17(18,19)20)23-24(16)13(12)11-7-5-9(2)6-8-11/h5-8,13H,4H2,1-3H3,(H,21,22,23)/t13-/m0/s1. The number of alkyl halides is 3. The van der Waals surface area contributed by atoms with Gasteiger partial charge in [-0.05, 0) is 26.3 Å². The van der Waals surface area contributed by atoms with Crippen molar-refractivity contribution in [2.45, 2.75) is 33.0 Å². The van der Waals surface area contributed by atoms with E-state index in [1.165, 1.54) is 0 Å². The number of esters is 1. The number of aromatic nitrogens is 3. The van der Waals surface area contributed by atoms with Crippen molar-refractivity contribution < 1.29 is 22.7 Å². The molecule has 1 N–H and O–H groups in total. The molecule has 2 aromatic rings. The van der Waals surface area contributed by atoms with Crippen LogP contribution >= 0.6 is 0 Å². The molecule has 0 aliphatic carbocycles. The van der Waals surface area contributed by atoms with E-state index in [0.717, 1.165) is 10.2 Å². The zero-order valence-corrected chi connectivity index (χ0v) is 14.4. The molecule has 0 bridgehead atoms. The molecule has 3 rings (SSSR count). The van der Waals surface area contributed by atoms with Crippen LogP contribution in [0.3, 0.4) is 0 Å². The summed E-state index contributed by atoms with van der Waals surface area (Å²) >= 11 is 0. The lowest BCUT2D eigenvalue weighted by Crippen LogP contribution is -2.29. The minimum absolute atomic E-state index is 0.0755. The molecule has 2 heterocycles. The molecule has 138 valence electrons. The van der Waals surface area contributed by atoms with E-state index < -0.39 is 24.0 Å². The zero-order chi connectivity index (χ0) is 19.1. The minimum Gasteiger partial charge on any atom is -0.463 e. The van der Waals surface area contributed by atoms with Gasteiger partial charge in [0.15, 0.2) is 0 Å². The Labute approximate surface area is 147 Å². The molecule has 1 atom stereocenters. The topological polar surface area (TPSA) is 69.0 Å². The molecule has 9 heteroatoms. The molecule has 0 saturated heterocycles. The van der Waals surface area contributed by atoms with Gasteiger partial charge in [-0.2, -0.15) is 18.2 Å². The monoisotopic (exact) mass is 366 g/mol. The van der Waals surface area contributed by atoms with Crippen LogP contribution in [0.5, 0.6) is 0 Å². The maximum atomic E-state index is 13.1. The maximum Gasteiger partial charge on any atom is 0.453 e. The van der Waals surface area contributed by atoms with Gasteiger partial charge in [0.1, 0.15) is 6.04 Å². The summed E-state index contributed by atoms with van der Waals surface area (Å²) in [6.45, 7) is 5.29. The van der Waals surface area contributed by atoms with Gasteiger partial charge in [-0.3, -0.25) is 0 Å². The summed E-state index contributed by atoms with van der Waals surface area (Å²) in [6, 6.07) is 6.26. The summed E-state index contributed by atoms with van der Waals surface area (Å²) in [5.74, 6) is -1.96. The van der Waals surface area contributed by atoms with Crippen molar-refractivity contribution >= 4 is 11.9 Å². The average molecular weight is 366 g/mol. The molecule has 0 amide bonds. The lowest BCUT2D eigenvalue weighted by molar-refractivity contribution is -0.145. The second-order valence-electron chi connectivity index (χ2n) is 5.90. The Morgan fingerprint density at radius 1 is 1.27 bits per heavy atom. The number of anilines is 1. The molecule has 0 unspecified atom stereocenters. The fraction of sp³-hybridized carbons (Fsp3) is 0.353. The first kappa shape index (κ1) is 18.0. The van der Waals surface area contributed by atoms with Gasteiger partial charge in [0.25, 0.3) is 5.82 Å². The Kier molecular flexibility index (Phi) is 4.47. The molecular weight excluding hydrogens is 349 g/mol. The molecule has 1 aromatic heterocycles. The highest BCUT2D eigenvalue weighted by molar-refractivity contribution is 5.92. The Balaban J connectivity index is 2.17. The number of nitrogens with one attached hydrogen (secondary N) is 1. The molecule has 26 heavy (non-hydrogen) atoms. The second kappa shape index (κ2) is 6.47. The van der Waals surface area contributed by atoms with Crippen LogP contribution in [0.1, 0.15) is 36.8 Å². The van der Waals surface area contributed by atoms with Gasteiger partial charge < -0.3 is 10.1 Å². The van der Waals surface area contributed by atoms with Crippen LogP contribution in [0.4, 0.5) is 19.1 Å². The van der Waals surface area contributed by atoms with E-state index in [1.54, 1.807) is 26.0 Å². The highest BCUT2D eigenvalue weighted by Gasteiger charge is 2.41. The number of fused-ring (bicyclic) bond motifs is 1. The predicted molar refractivity (Wildman–Crippen MR) is 87.3 cm³/mol. The van der Waals surface area contributed by atoms with E-state index in [2.05, 4.69) is 15.4 Å². The van der Waals surface area contributed by atoms with Crippen LogP contribution in [-0.4, -0.2) is 27.3 Å². The van der Waals surface area contributed by atoms with Crippen LogP contribution in [0, 0.1) is 6.92 Å². The Morgan fingerprint density at radius 2 is 1.92 bits per heavy atom. The number of allylic oxidation sites excluding steroid dienone is 1. The van der Waals surface area contributed by atoms with Gasteiger partial charge in [0, 0.05) is 5.70 Å². The molecule has 0 fully saturated rings. The van der Waals surface area contributed by atoms with Crippen LogP contribution in [-0.2, 0) is 15.7 Å². The SMILES string of the molecule is CCOC(=O)C1=C(C)Nc2nc(C(F)(F)F)nn2[C@H]1c1ccc(C)cc1. The Bertz CT molecular complexity index is 869. The van der Waals surface area contributed by atoms with Crippen LogP contribution in [0.25, 0.3) is 0 Å². The van der Waals surface area contributed by atoms with E-state index in [1.807, 2.05) is 19.1 Å². The number of halogens is 3. The van der Waals surface area contributed by atoms with Crippen LogP contribution in [0.15, 0.2) is 35.5 Å². The first-order chi connectivity index (χ1) is 12.2. The lowest BCUT2D eigenvalue weighted by Gasteiger charge is -2.28. The number of ether oxygens (including phenoxy) is 1. The van der Waals surface area contributed by atoms with Crippen molar-refractivity contribution in [3.63, 3.8) is 0 Å². The van der Waals surface area contributed by atoms with E-state index in [-0.39, 0.29) is 18.1 Å². The van der Waals surface area contributed by atoms with Gasteiger partial charge in [-0.15, -0.1) is 5.10 Å². The number of hydrogen-bond donors (Lipinski definition) is 1. The largest absolute Gasteiger partial charge is 0.463 e. The molecule has 6 nitrogen and oxygen atoms in total. The fourth-order valence-corrected chi connectivity index (χ4v) is 2.80. The molecule has 0 saturated carbocycles. The summed E-state index contributed by atoms with van der Waals surface area (Å²) in [6.07, 6.45) is -4.69. The number of carbonyl (C=O) groups is 1. The predicted octanol–water partition coefficient (Wildman–Crippen LogP) is 3.46. The number of nitrogens with zero attached hydrogens (tertiary/aromatic N) is 3. The number of carbonyl (C=O) groups excluding carboxylic acids is 1. The highest BCUT2D eigenvalue weighted by atomic mass is 19.4. The quantitative estimate of drug-likeness (QED) is 0.843. The number of rotatable bonds is 3. The normalized spacial score (nSPS) is 16.9. The van der Waals surface area contributed by atoms with Crippen molar-refractivity contribution in [2.24, 2.45) is 0 Å². The average Bonchev–Trinajstić information content (AvgIpc) is 2.98. The van der Waals surface area contributed by atoms with E-state index in [9.17, 15) is 18.0 Å². The van der Waals surface area contributed by atoms with Crippen molar-refractivity contribution in [1.82, 2.24) is 14.8 Å². The summed E-state index contributed by atoms with van der Waals surface area (Å²) < 4.78 is 45.3. The molecule has 1 aromatic carbocycles. The lowest BCUT2D eigenvalue weighted by atomic mass is 9.95. The van der Waals surface area contributed by atoms with Crippen molar-refractivity contribution in [1.29, 1.82) is 0 Å². The van der Waals surface area contributed by atoms with Crippen molar-refractivity contribution in [3.05, 3.63) is 52.5 Å². The maximum absolute atomic E-state index is 13.1. The number of aryl methyl sites for hydroxylation is 1. The zero-order valence-electron chi connectivity index (χ0n) is 14.4. The first-order valence-corrected chi connectivity index (χ1v) is 7.97. The third kappa shape index (κ3) is 3.16.